The molecule has 0 saturated carbocycles. The van der Waals surface area contributed by atoms with E-state index in [2.05, 4.69) is 25.7 Å². The minimum absolute atomic E-state index is 0.0781. The number of benzene rings is 3. The maximum Gasteiger partial charge on any atom is 0.416 e. The lowest BCUT2D eigenvalue weighted by Gasteiger charge is -2.15. The molecule has 0 unspecified atom stereocenters. The Bertz CT molecular complexity index is 1710. The summed E-state index contributed by atoms with van der Waals surface area (Å²) in [6, 6.07) is 15.4. The number of alkyl halides is 3. The second-order valence-electron chi connectivity index (χ2n) is 9.51. The normalized spacial score (nSPS) is 11.6. The van der Waals surface area contributed by atoms with Crippen LogP contribution < -0.4 is 20.7 Å². The molecular formula is C29H28F3N5O4S2. The lowest BCUT2D eigenvalue weighted by molar-refractivity contribution is -0.137. The molecule has 14 heteroatoms. The number of hydrogen-bond donors (Lipinski definition) is 4. The van der Waals surface area contributed by atoms with Crippen LogP contribution in [0.3, 0.4) is 0 Å². The topological polar surface area (TPSA) is 129 Å². The predicted molar refractivity (Wildman–Crippen MR) is 161 cm³/mol. The number of amides is 2. The third-order valence-electron chi connectivity index (χ3n) is 6.13. The molecule has 3 aromatic carbocycles. The van der Waals surface area contributed by atoms with E-state index < -0.39 is 33.4 Å². The predicted octanol–water partition coefficient (Wildman–Crippen LogP) is 6.13. The number of carbonyl (C=O) groups is 2. The number of rotatable bonds is 11. The summed E-state index contributed by atoms with van der Waals surface area (Å²) in [6.45, 7) is 4.46. The van der Waals surface area contributed by atoms with Gasteiger partial charge in [0.15, 0.2) is 5.13 Å². The highest BCUT2D eigenvalue weighted by atomic mass is 32.2. The van der Waals surface area contributed by atoms with Crippen molar-refractivity contribution in [1.29, 1.82) is 0 Å². The fourth-order valence-corrected chi connectivity index (χ4v) is 5.68. The Kier molecular flexibility index (Phi) is 9.71. The van der Waals surface area contributed by atoms with E-state index in [0.717, 1.165) is 40.6 Å². The minimum Gasteiger partial charge on any atom is -0.385 e. The van der Waals surface area contributed by atoms with Crippen LogP contribution in [-0.2, 0) is 21.0 Å². The van der Waals surface area contributed by atoms with Crippen LogP contribution >= 0.6 is 11.3 Å². The lowest BCUT2D eigenvalue weighted by atomic mass is 10.1. The quantitative estimate of drug-likeness (QED) is 0.148. The number of nitrogens with one attached hydrogen (secondary N) is 4. The number of aromatic nitrogens is 1. The minimum atomic E-state index is -4.76. The van der Waals surface area contributed by atoms with Crippen molar-refractivity contribution in [3.05, 3.63) is 88.8 Å². The van der Waals surface area contributed by atoms with Gasteiger partial charge in [-0.2, -0.15) is 13.2 Å². The van der Waals surface area contributed by atoms with Gasteiger partial charge in [0.25, 0.3) is 15.9 Å². The van der Waals surface area contributed by atoms with E-state index in [0.29, 0.717) is 30.9 Å². The molecule has 0 aliphatic rings. The van der Waals surface area contributed by atoms with E-state index in [1.165, 1.54) is 19.1 Å². The molecule has 0 saturated heterocycles. The Balaban J connectivity index is 1.48. The van der Waals surface area contributed by atoms with Crippen molar-refractivity contribution in [2.45, 2.75) is 31.3 Å². The molecular weight excluding hydrogens is 603 g/mol. The number of sulfonamides is 1. The molecule has 0 fully saturated rings. The Labute approximate surface area is 250 Å². The molecule has 9 nitrogen and oxygen atoms in total. The molecule has 226 valence electrons. The largest absolute Gasteiger partial charge is 0.416 e. The zero-order chi connectivity index (χ0) is 31.2. The number of carbonyl (C=O) groups excluding carboxylic acids is 2. The first kappa shape index (κ1) is 31.5. The van der Waals surface area contributed by atoms with Crippen LogP contribution in [0.1, 0.15) is 34.8 Å². The number of nitrogens with zero attached hydrogens (tertiary/aromatic N) is 1. The second kappa shape index (κ2) is 13.3. The summed E-state index contributed by atoms with van der Waals surface area (Å²) in [4.78, 5) is 28.3. The zero-order valence-corrected chi connectivity index (χ0v) is 24.7. The van der Waals surface area contributed by atoms with Gasteiger partial charge >= 0.3 is 6.18 Å². The summed E-state index contributed by atoms with van der Waals surface area (Å²) in [6.07, 6.45) is -4.01. The third-order valence-corrected chi connectivity index (χ3v) is 8.27. The molecule has 2 amide bonds. The van der Waals surface area contributed by atoms with E-state index in [1.54, 1.807) is 24.4 Å². The van der Waals surface area contributed by atoms with Crippen molar-refractivity contribution in [3.63, 3.8) is 0 Å². The van der Waals surface area contributed by atoms with Crippen molar-refractivity contribution in [2.24, 2.45) is 0 Å². The van der Waals surface area contributed by atoms with E-state index >= 15 is 0 Å². The van der Waals surface area contributed by atoms with Crippen molar-refractivity contribution < 1.29 is 31.2 Å². The molecule has 1 aromatic heterocycles. The van der Waals surface area contributed by atoms with Gasteiger partial charge in [-0.25, -0.2) is 13.4 Å². The summed E-state index contributed by atoms with van der Waals surface area (Å²) in [7, 11) is -4.30. The Hall–Kier alpha value is -4.43. The van der Waals surface area contributed by atoms with Gasteiger partial charge in [-0.1, -0.05) is 29.8 Å². The van der Waals surface area contributed by atoms with Crippen LogP contribution in [-0.4, -0.2) is 38.3 Å². The van der Waals surface area contributed by atoms with Crippen LogP contribution in [0.5, 0.6) is 0 Å². The molecule has 4 N–H and O–H groups in total. The number of anilines is 3. The van der Waals surface area contributed by atoms with Gasteiger partial charge in [-0.3, -0.25) is 19.6 Å². The number of aryl methyl sites for hydroxylation is 1. The third kappa shape index (κ3) is 8.55. The van der Waals surface area contributed by atoms with Crippen molar-refractivity contribution >= 4 is 49.7 Å². The fraction of sp³-hybridized carbons (Fsp3) is 0.207. The van der Waals surface area contributed by atoms with Crippen LogP contribution in [0.15, 0.2) is 77.0 Å². The molecule has 43 heavy (non-hydrogen) atoms. The first-order valence-electron chi connectivity index (χ1n) is 13.0. The standard InChI is InChI=1S/C29H28F3N5O4S2/c1-18-4-11-23(12-5-18)43(40,41)37-25-16-21(29(30,31)32)8-13-24(25)27(39)36-28-35-26(17-42-28)20-6-9-22(10-7-20)34-15-3-14-33-19(2)38/h4-13,16-17,34,37H,3,14-15H2,1-2H3,(H,33,38)(H,35,36,39). The maximum atomic E-state index is 13.5. The molecule has 0 radical (unpaired) electrons. The molecule has 1 heterocycles. The van der Waals surface area contributed by atoms with Crippen LogP contribution in [0.25, 0.3) is 11.3 Å². The Morgan fingerprint density at radius 1 is 0.953 bits per heavy atom. The van der Waals surface area contributed by atoms with Gasteiger partial charge in [0, 0.05) is 36.6 Å². The molecule has 0 aliphatic carbocycles. The molecule has 0 bridgehead atoms. The van der Waals surface area contributed by atoms with Crippen molar-refractivity contribution in [3.8, 4) is 11.3 Å². The number of thiazole rings is 1. The molecule has 0 atom stereocenters. The van der Waals surface area contributed by atoms with Gasteiger partial charge < -0.3 is 10.6 Å². The second-order valence-corrected chi connectivity index (χ2v) is 12.0. The summed E-state index contributed by atoms with van der Waals surface area (Å²) in [5.74, 6) is -0.916. The molecule has 0 aliphatic heterocycles. The highest BCUT2D eigenvalue weighted by Gasteiger charge is 2.32. The monoisotopic (exact) mass is 631 g/mol. The van der Waals surface area contributed by atoms with Crippen molar-refractivity contribution in [2.75, 3.05) is 28.4 Å². The van der Waals surface area contributed by atoms with E-state index in [4.69, 9.17) is 0 Å². The number of hydrogen-bond acceptors (Lipinski definition) is 7. The average Bonchev–Trinajstić information content (AvgIpc) is 3.41. The molecule has 0 spiro atoms. The average molecular weight is 632 g/mol. The smallest absolute Gasteiger partial charge is 0.385 e. The van der Waals surface area contributed by atoms with Gasteiger partial charge in [-0.15, -0.1) is 11.3 Å². The maximum absolute atomic E-state index is 13.5. The fourth-order valence-electron chi connectivity index (χ4n) is 3.90. The van der Waals surface area contributed by atoms with Gasteiger partial charge in [0.1, 0.15) is 0 Å². The first-order valence-corrected chi connectivity index (χ1v) is 15.3. The summed E-state index contributed by atoms with van der Waals surface area (Å²) < 4.78 is 68.4. The summed E-state index contributed by atoms with van der Waals surface area (Å²) in [5, 5.41) is 10.4. The summed E-state index contributed by atoms with van der Waals surface area (Å²) >= 11 is 1.11. The van der Waals surface area contributed by atoms with E-state index in [-0.39, 0.29) is 21.5 Å². The van der Waals surface area contributed by atoms with Crippen molar-refractivity contribution in [1.82, 2.24) is 10.3 Å². The van der Waals surface area contributed by atoms with Gasteiger partial charge in [0.2, 0.25) is 5.91 Å². The highest BCUT2D eigenvalue weighted by molar-refractivity contribution is 7.92. The van der Waals surface area contributed by atoms with E-state index in [1.807, 2.05) is 24.3 Å². The van der Waals surface area contributed by atoms with Gasteiger partial charge in [-0.05, 0) is 55.8 Å². The summed E-state index contributed by atoms with van der Waals surface area (Å²) in [5.41, 5.74) is 1.04. The van der Waals surface area contributed by atoms with Crippen LogP contribution in [0.2, 0.25) is 0 Å². The highest BCUT2D eigenvalue weighted by Crippen LogP contribution is 2.34. The molecule has 4 rings (SSSR count). The zero-order valence-electron chi connectivity index (χ0n) is 23.1. The Morgan fingerprint density at radius 2 is 1.65 bits per heavy atom. The van der Waals surface area contributed by atoms with Crippen LogP contribution in [0, 0.1) is 6.92 Å². The van der Waals surface area contributed by atoms with Crippen LogP contribution in [0.4, 0.5) is 29.7 Å². The van der Waals surface area contributed by atoms with E-state index in [9.17, 15) is 31.2 Å². The Morgan fingerprint density at radius 3 is 2.30 bits per heavy atom. The van der Waals surface area contributed by atoms with Gasteiger partial charge in [0.05, 0.1) is 27.4 Å². The SMILES string of the molecule is CC(=O)NCCCNc1ccc(-c2csc(NC(=O)c3ccc(C(F)(F)F)cc3NS(=O)(=O)c3ccc(C)cc3)n2)cc1. The lowest BCUT2D eigenvalue weighted by Crippen LogP contribution is -2.22. The molecule has 4 aromatic rings. The first-order chi connectivity index (χ1) is 20.3. The number of halogens is 3.